The molecule has 0 aliphatic heterocycles. The quantitative estimate of drug-likeness (QED) is 0.356. The van der Waals surface area contributed by atoms with Crippen molar-refractivity contribution in [1.29, 1.82) is 0 Å². The Morgan fingerprint density at radius 3 is 2.75 bits per heavy atom. The Kier molecular flexibility index (Phi) is 3.42. The molecule has 1 aliphatic carbocycles. The molecule has 7 heteroatoms. The number of nitrogens with zero attached hydrogens (tertiary/aromatic N) is 3. The van der Waals surface area contributed by atoms with Crippen molar-refractivity contribution in [2.45, 2.75) is 26.7 Å². The molecule has 88 valence electrons. The minimum Gasteiger partial charge on any atom is -0.282 e. The van der Waals surface area contributed by atoms with Gasteiger partial charge < -0.3 is 0 Å². The molecule has 1 rings (SSSR count). The number of rotatable bonds is 3. The van der Waals surface area contributed by atoms with Crippen LogP contribution in [0.3, 0.4) is 0 Å². The van der Waals surface area contributed by atoms with Crippen molar-refractivity contribution >= 4 is 10.1 Å². The lowest BCUT2D eigenvalue weighted by Gasteiger charge is -2.28. The first kappa shape index (κ1) is 12.8. The van der Waals surface area contributed by atoms with Gasteiger partial charge in [0.05, 0.1) is 4.91 Å². The molecule has 0 aromatic carbocycles. The van der Waals surface area contributed by atoms with E-state index in [9.17, 15) is 8.42 Å². The third-order valence-corrected chi connectivity index (χ3v) is 3.67. The standard InChI is InChI=1S/C9H13N3O3S/c1-3-9(2)5-4-8(16(13,14)15)7(6-9)11-12-10/h4-5H,3,6H2,1-2H3,(H,13,14,15). The van der Waals surface area contributed by atoms with Crippen molar-refractivity contribution < 1.29 is 13.0 Å². The van der Waals surface area contributed by atoms with E-state index in [1.807, 2.05) is 13.8 Å². The van der Waals surface area contributed by atoms with E-state index in [0.29, 0.717) is 6.42 Å². The van der Waals surface area contributed by atoms with Gasteiger partial charge in [-0.05, 0) is 29.9 Å². The maximum absolute atomic E-state index is 11.0. The van der Waals surface area contributed by atoms with E-state index >= 15 is 0 Å². The highest BCUT2D eigenvalue weighted by atomic mass is 32.2. The van der Waals surface area contributed by atoms with Gasteiger partial charge in [-0.25, -0.2) is 0 Å². The SMILES string of the molecule is CCC1(C)C=CC(S(=O)(=O)O)=C(N=[N+]=[N-])C1. The Hall–Kier alpha value is -1.30. The molecule has 1 atom stereocenters. The second-order valence-corrected chi connectivity index (χ2v) is 5.38. The minimum atomic E-state index is -4.33. The van der Waals surface area contributed by atoms with Crippen molar-refractivity contribution in [2.75, 3.05) is 0 Å². The van der Waals surface area contributed by atoms with Crippen LogP contribution in [0.2, 0.25) is 0 Å². The van der Waals surface area contributed by atoms with Gasteiger partial charge in [-0.2, -0.15) is 8.42 Å². The highest BCUT2D eigenvalue weighted by Gasteiger charge is 2.29. The fourth-order valence-electron chi connectivity index (χ4n) is 1.52. The summed E-state index contributed by atoms with van der Waals surface area (Å²) in [5.41, 5.74) is 8.20. The lowest BCUT2D eigenvalue weighted by molar-refractivity contribution is 0.399. The van der Waals surface area contributed by atoms with Crippen LogP contribution >= 0.6 is 0 Å². The van der Waals surface area contributed by atoms with Gasteiger partial charge in [0, 0.05) is 10.6 Å². The first-order valence-corrected chi connectivity index (χ1v) is 6.21. The summed E-state index contributed by atoms with van der Waals surface area (Å²) in [7, 11) is -4.33. The van der Waals surface area contributed by atoms with Gasteiger partial charge in [0.25, 0.3) is 10.1 Å². The van der Waals surface area contributed by atoms with Crippen LogP contribution in [0.1, 0.15) is 26.7 Å². The second-order valence-electron chi connectivity index (χ2n) is 3.99. The first-order chi connectivity index (χ1) is 7.32. The van der Waals surface area contributed by atoms with Gasteiger partial charge >= 0.3 is 0 Å². The molecule has 0 saturated heterocycles. The molecule has 0 aromatic heterocycles. The number of hydrogen-bond donors (Lipinski definition) is 1. The van der Waals surface area contributed by atoms with E-state index in [2.05, 4.69) is 10.0 Å². The summed E-state index contributed by atoms with van der Waals surface area (Å²) >= 11 is 0. The molecule has 0 bridgehead atoms. The fourth-order valence-corrected chi connectivity index (χ4v) is 2.17. The third kappa shape index (κ3) is 2.63. The molecule has 1 N–H and O–H groups in total. The predicted molar refractivity (Wildman–Crippen MR) is 59.9 cm³/mol. The van der Waals surface area contributed by atoms with Gasteiger partial charge in [0.15, 0.2) is 0 Å². The van der Waals surface area contributed by atoms with E-state index in [0.717, 1.165) is 6.42 Å². The lowest BCUT2D eigenvalue weighted by atomic mass is 9.80. The molecule has 6 nitrogen and oxygen atoms in total. The van der Waals surface area contributed by atoms with Crippen LogP contribution in [0.5, 0.6) is 0 Å². The van der Waals surface area contributed by atoms with E-state index in [4.69, 9.17) is 10.1 Å². The molecule has 16 heavy (non-hydrogen) atoms. The maximum atomic E-state index is 11.0. The van der Waals surface area contributed by atoms with Crippen LogP contribution in [-0.4, -0.2) is 13.0 Å². The second kappa shape index (κ2) is 4.29. The maximum Gasteiger partial charge on any atom is 0.294 e. The Bertz CT molecular complexity index is 500. The lowest BCUT2D eigenvalue weighted by Crippen LogP contribution is -2.18. The highest BCUT2D eigenvalue weighted by molar-refractivity contribution is 7.90. The molecular weight excluding hydrogens is 230 g/mol. The van der Waals surface area contributed by atoms with Crippen LogP contribution in [0, 0.1) is 5.41 Å². The molecule has 0 amide bonds. The van der Waals surface area contributed by atoms with E-state index < -0.39 is 10.1 Å². The molecule has 0 aromatic rings. The van der Waals surface area contributed by atoms with Crippen molar-refractivity contribution in [3.05, 3.63) is 33.2 Å². The van der Waals surface area contributed by atoms with Gasteiger partial charge in [0.1, 0.15) is 0 Å². The summed E-state index contributed by atoms with van der Waals surface area (Å²) in [6, 6.07) is 0. The van der Waals surface area contributed by atoms with Gasteiger partial charge in [-0.1, -0.05) is 25.0 Å². The summed E-state index contributed by atoms with van der Waals surface area (Å²) in [5, 5.41) is 3.34. The number of hydrogen-bond acceptors (Lipinski definition) is 3. The zero-order valence-electron chi connectivity index (χ0n) is 9.08. The minimum absolute atomic E-state index is 0.0665. The summed E-state index contributed by atoms with van der Waals surface area (Å²) in [4.78, 5) is 2.27. The average molecular weight is 243 g/mol. The molecular formula is C9H13N3O3S. The molecule has 0 radical (unpaired) electrons. The molecule has 0 heterocycles. The topological polar surface area (TPSA) is 103 Å². The van der Waals surface area contributed by atoms with Crippen LogP contribution in [0.4, 0.5) is 0 Å². The predicted octanol–water partition coefficient (Wildman–Crippen LogP) is 2.77. The van der Waals surface area contributed by atoms with Crippen LogP contribution in [-0.2, 0) is 10.1 Å². The molecule has 0 fully saturated rings. The molecule has 1 unspecified atom stereocenters. The molecule has 1 aliphatic rings. The molecule has 0 spiro atoms. The fraction of sp³-hybridized carbons (Fsp3) is 0.556. The van der Waals surface area contributed by atoms with Gasteiger partial charge in [-0.15, -0.1) is 0 Å². The van der Waals surface area contributed by atoms with Crippen LogP contribution in [0.15, 0.2) is 27.9 Å². The average Bonchev–Trinajstić information content (AvgIpc) is 2.16. The van der Waals surface area contributed by atoms with Crippen molar-refractivity contribution in [3.8, 4) is 0 Å². The number of allylic oxidation sites excluding steroid dienone is 3. The first-order valence-electron chi connectivity index (χ1n) is 4.77. The van der Waals surface area contributed by atoms with E-state index in [1.165, 1.54) is 6.08 Å². The van der Waals surface area contributed by atoms with E-state index in [-0.39, 0.29) is 16.0 Å². The highest BCUT2D eigenvalue weighted by Crippen LogP contribution is 2.38. The Morgan fingerprint density at radius 2 is 2.31 bits per heavy atom. The van der Waals surface area contributed by atoms with Crippen LogP contribution in [0.25, 0.3) is 10.4 Å². The molecule has 0 saturated carbocycles. The van der Waals surface area contributed by atoms with Gasteiger partial charge in [-0.3, -0.25) is 4.55 Å². The third-order valence-electron chi connectivity index (χ3n) is 2.74. The zero-order chi connectivity index (χ0) is 12.4. The van der Waals surface area contributed by atoms with E-state index in [1.54, 1.807) is 6.08 Å². The monoisotopic (exact) mass is 243 g/mol. The summed E-state index contributed by atoms with van der Waals surface area (Å²) in [5.74, 6) is 0. The smallest absolute Gasteiger partial charge is 0.282 e. The Labute approximate surface area is 94.0 Å². The summed E-state index contributed by atoms with van der Waals surface area (Å²) in [6.45, 7) is 3.88. The summed E-state index contributed by atoms with van der Waals surface area (Å²) < 4.78 is 31.0. The normalized spacial score (nSPS) is 25.4. The summed E-state index contributed by atoms with van der Waals surface area (Å²) in [6.07, 6.45) is 4.10. The van der Waals surface area contributed by atoms with Crippen molar-refractivity contribution in [1.82, 2.24) is 0 Å². The largest absolute Gasteiger partial charge is 0.294 e. The Morgan fingerprint density at radius 1 is 1.69 bits per heavy atom. The Balaban J connectivity index is 3.30. The van der Waals surface area contributed by atoms with Gasteiger partial charge in [0.2, 0.25) is 0 Å². The number of azide groups is 1. The zero-order valence-corrected chi connectivity index (χ0v) is 9.90. The van der Waals surface area contributed by atoms with Crippen molar-refractivity contribution in [3.63, 3.8) is 0 Å². The van der Waals surface area contributed by atoms with Crippen LogP contribution < -0.4 is 0 Å². The van der Waals surface area contributed by atoms with Crippen molar-refractivity contribution in [2.24, 2.45) is 10.5 Å².